The molecular formula is C8H10F3N3O. The molecule has 0 unspecified atom stereocenters. The van der Waals surface area contributed by atoms with E-state index >= 15 is 0 Å². The highest BCUT2D eigenvalue weighted by molar-refractivity contribution is 5.86. The molecule has 0 aliphatic rings. The van der Waals surface area contributed by atoms with E-state index in [4.69, 9.17) is 5.73 Å². The van der Waals surface area contributed by atoms with Crippen LogP contribution in [-0.2, 0) is 0 Å². The summed E-state index contributed by atoms with van der Waals surface area (Å²) in [6.07, 6.45) is -2.96. The van der Waals surface area contributed by atoms with Gasteiger partial charge < -0.3 is 11.1 Å². The number of carbonyl (C=O) groups excluding carboxylic acids is 1. The molecule has 0 aliphatic heterocycles. The molecule has 15 heavy (non-hydrogen) atoms. The number of urea groups is 1. The van der Waals surface area contributed by atoms with Crippen molar-refractivity contribution >= 4 is 12.2 Å². The standard InChI is InChI=1S/C8H10F3N3O/c1-3-6(8(9,10)11)13-4-5(2)14-7(12)15/h3-4H,2H2,1H3,(H3,12,14,15)/b6-3-,13-4?. The highest BCUT2D eigenvalue weighted by Crippen LogP contribution is 2.25. The maximum atomic E-state index is 12.1. The second-order valence-electron chi connectivity index (χ2n) is 2.44. The van der Waals surface area contributed by atoms with Gasteiger partial charge in [-0.25, -0.2) is 9.79 Å². The fourth-order valence-corrected chi connectivity index (χ4v) is 0.649. The zero-order valence-electron chi connectivity index (χ0n) is 7.93. The van der Waals surface area contributed by atoms with Crippen LogP contribution in [0, 0.1) is 0 Å². The third-order valence-corrected chi connectivity index (χ3v) is 1.21. The Hall–Kier alpha value is -1.79. The number of primary amides is 1. The molecule has 0 radical (unpaired) electrons. The first kappa shape index (κ1) is 13.2. The second-order valence-corrected chi connectivity index (χ2v) is 2.44. The zero-order valence-corrected chi connectivity index (χ0v) is 7.93. The highest BCUT2D eigenvalue weighted by atomic mass is 19.4. The van der Waals surface area contributed by atoms with Crippen molar-refractivity contribution in [3.63, 3.8) is 0 Å². The fraction of sp³-hybridized carbons (Fsp3) is 0.250. The Kier molecular flexibility index (Phi) is 4.56. The van der Waals surface area contributed by atoms with Crippen molar-refractivity contribution in [2.24, 2.45) is 10.7 Å². The lowest BCUT2D eigenvalue weighted by molar-refractivity contribution is -0.0923. The minimum Gasteiger partial charge on any atom is -0.351 e. The predicted molar refractivity (Wildman–Crippen MR) is 50.2 cm³/mol. The number of hydrogen-bond acceptors (Lipinski definition) is 2. The largest absolute Gasteiger partial charge is 0.433 e. The Morgan fingerprint density at radius 1 is 1.53 bits per heavy atom. The highest BCUT2D eigenvalue weighted by Gasteiger charge is 2.32. The molecule has 0 saturated heterocycles. The molecule has 0 heterocycles. The average molecular weight is 221 g/mol. The summed E-state index contributed by atoms with van der Waals surface area (Å²) in [7, 11) is 0. The van der Waals surface area contributed by atoms with Crippen LogP contribution in [-0.4, -0.2) is 18.4 Å². The molecule has 0 spiro atoms. The summed E-state index contributed by atoms with van der Waals surface area (Å²) < 4.78 is 36.3. The molecule has 0 saturated carbocycles. The van der Waals surface area contributed by atoms with Crippen LogP contribution < -0.4 is 11.1 Å². The van der Waals surface area contributed by atoms with Crippen molar-refractivity contribution < 1.29 is 18.0 Å². The first-order valence-electron chi connectivity index (χ1n) is 3.80. The molecule has 3 N–H and O–H groups in total. The topological polar surface area (TPSA) is 67.5 Å². The molecule has 0 bridgehead atoms. The molecule has 0 aromatic rings. The van der Waals surface area contributed by atoms with Gasteiger partial charge in [-0.15, -0.1) is 0 Å². The number of aliphatic imine (C=N–C) groups is 1. The Labute approximate surface area is 84.4 Å². The number of halogens is 3. The monoisotopic (exact) mass is 221 g/mol. The minimum absolute atomic E-state index is 0.119. The molecule has 0 atom stereocenters. The van der Waals surface area contributed by atoms with Crippen molar-refractivity contribution in [2.75, 3.05) is 0 Å². The lowest BCUT2D eigenvalue weighted by Gasteiger charge is -2.05. The van der Waals surface area contributed by atoms with E-state index in [9.17, 15) is 18.0 Å². The van der Waals surface area contributed by atoms with Gasteiger partial charge in [-0.1, -0.05) is 12.7 Å². The van der Waals surface area contributed by atoms with Crippen molar-refractivity contribution in [1.29, 1.82) is 0 Å². The molecule has 7 heteroatoms. The Bertz CT molecular complexity index is 318. The fourth-order valence-electron chi connectivity index (χ4n) is 0.649. The third-order valence-electron chi connectivity index (χ3n) is 1.21. The van der Waals surface area contributed by atoms with E-state index in [2.05, 4.69) is 11.6 Å². The van der Waals surface area contributed by atoms with Crippen LogP contribution in [0.3, 0.4) is 0 Å². The van der Waals surface area contributed by atoms with Gasteiger partial charge in [-0.2, -0.15) is 13.2 Å². The lowest BCUT2D eigenvalue weighted by atomic mass is 10.4. The van der Waals surface area contributed by atoms with Crippen molar-refractivity contribution in [3.05, 3.63) is 24.0 Å². The van der Waals surface area contributed by atoms with Crippen LogP contribution in [0.1, 0.15) is 6.92 Å². The molecule has 0 rings (SSSR count). The number of hydrogen-bond donors (Lipinski definition) is 2. The Morgan fingerprint density at radius 3 is 2.40 bits per heavy atom. The van der Waals surface area contributed by atoms with Gasteiger partial charge in [0.15, 0.2) is 0 Å². The Morgan fingerprint density at radius 2 is 2.07 bits per heavy atom. The number of carbonyl (C=O) groups is 1. The predicted octanol–water partition coefficient (Wildman–Crippen LogP) is 1.71. The van der Waals surface area contributed by atoms with Crippen molar-refractivity contribution in [1.82, 2.24) is 5.32 Å². The number of amides is 2. The summed E-state index contributed by atoms with van der Waals surface area (Å²) in [5.74, 6) is 0. The first-order chi connectivity index (χ1) is 6.77. The van der Waals surface area contributed by atoms with E-state index < -0.39 is 17.9 Å². The third kappa shape index (κ3) is 5.50. The zero-order chi connectivity index (χ0) is 12.1. The maximum absolute atomic E-state index is 12.1. The van der Waals surface area contributed by atoms with Gasteiger partial charge >= 0.3 is 12.2 Å². The number of nitrogens with two attached hydrogens (primary N) is 1. The van der Waals surface area contributed by atoms with E-state index in [1.165, 1.54) is 6.92 Å². The summed E-state index contributed by atoms with van der Waals surface area (Å²) in [4.78, 5) is 13.4. The van der Waals surface area contributed by atoms with Gasteiger partial charge in [0.05, 0.1) is 11.9 Å². The van der Waals surface area contributed by atoms with Crippen molar-refractivity contribution in [3.8, 4) is 0 Å². The van der Waals surface area contributed by atoms with Crippen molar-refractivity contribution in [2.45, 2.75) is 13.1 Å². The van der Waals surface area contributed by atoms with Crippen LogP contribution in [0.15, 0.2) is 29.0 Å². The van der Waals surface area contributed by atoms with Gasteiger partial charge in [0.2, 0.25) is 0 Å². The molecule has 0 fully saturated rings. The SMILES string of the molecule is C=C(C=N/C(=C\C)C(F)(F)F)NC(N)=O. The maximum Gasteiger partial charge on any atom is 0.433 e. The van der Waals surface area contributed by atoms with Crippen LogP contribution in [0.4, 0.5) is 18.0 Å². The molecule has 84 valence electrons. The second kappa shape index (κ2) is 5.18. The smallest absolute Gasteiger partial charge is 0.351 e. The van der Waals surface area contributed by atoms with Crippen LogP contribution >= 0.6 is 0 Å². The number of nitrogens with one attached hydrogen (secondary N) is 1. The first-order valence-corrected chi connectivity index (χ1v) is 3.80. The minimum atomic E-state index is -4.53. The number of allylic oxidation sites excluding steroid dienone is 3. The quantitative estimate of drug-likeness (QED) is 0.700. The van der Waals surface area contributed by atoms with E-state index in [0.29, 0.717) is 0 Å². The Balaban J connectivity index is 4.52. The van der Waals surface area contributed by atoms with Gasteiger partial charge in [0, 0.05) is 0 Å². The van der Waals surface area contributed by atoms with E-state index in [0.717, 1.165) is 12.3 Å². The van der Waals surface area contributed by atoms with E-state index in [1.54, 1.807) is 0 Å². The van der Waals surface area contributed by atoms with Gasteiger partial charge in [-0.3, -0.25) is 0 Å². The van der Waals surface area contributed by atoms with Gasteiger partial charge in [0.25, 0.3) is 0 Å². The molecule has 4 nitrogen and oxygen atoms in total. The van der Waals surface area contributed by atoms with Crippen LogP contribution in [0.2, 0.25) is 0 Å². The van der Waals surface area contributed by atoms with E-state index in [-0.39, 0.29) is 5.70 Å². The number of nitrogens with zero attached hydrogens (tertiary/aromatic N) is 1. The molecule has 0 aliphatic carbocycles. The normalized spacial score (nSPS) is 12.9. The summed E-state index contributed by atoms with van der Waals surface area (Å²) >= 11 is 0. The van der Waals surface area contributed by atoms with Crippen LogP contribution in [0.25, 0.3) is 0 Å². The molecular weight excluding hydrogens is 211 g/mol. The summed E-state index contributed by atoms with van der Waals surface area (Å²) in [6, 6.07) is -0.916. The molecule has 2 amide bonds. The summed E-state index contributed by atoms with van der Waals surface area (Å²) in [6.45, 7) is 4.43. The number of rotatable bonds is 3. The summed E-state index contributed by atoms with van der Waals surface area (Å²) in [5, 5.41) is 1.97. The molecule has 0 aromatic heterocycles. The summed E-state index contributed by atoms with van der Waals surface area (Å²) in [5.41, 5.74) is 3.52. The lowest BCUT2D eigenvalue weighted by Crippen LogP contribution is -2.28. The average Bonchev–Trinajstić information content (AvgIpc) is 2.01. The van der Waals surface area contributed by atoms with Gasteiger partial charge in [-0.05, 0) is 6.92 Å². The number of alkyl halides is 3. The van der Waals surface area contributed by atoms with E-state index in [1.807, 2.05) is 5.32 Å². The van der Waals surface area contributed by atoms with Gasteiger partial charge in [0.1, 0.15) is 5.70 Å². The molecule has 0 aromatic carbocycles. The van der Waals surface area contributed by atoms with Crippen LogP contribution in [0.5, 0.6) is 0 Å².